The topological polar surface area (TPSA) is 21.3 Å². The number of halogens is 3. The summed E-state index contributed by atoms with van der Waals surface area (Å²) in [7, 11) is 0. The van der Waals surface area contributed by atoms with Crippen LogP contribution in [0.4, 0.5) is 13.2 Å². The molecule has 1 rings (SSSR count). The number of hydrogen-bond acceptors (Lipinski definition) is 2. The summed E-state index contributed by atoms with van der Waals surface area (Å²) >= 11 is 0. The van der Waals surface area contributed by atoms with Gasteiger partial charge in [0.2, 0.25) is 0 Å². The third-order valence-corrected chi connectivity index (χ3v) is 4.37. The highest BCUT2D eigenvalue weighted by molar-refractivity contribution is 4.95. The second kappa shape index (κ2) is 8.99. The van der Waals surface area contributed by atoms with E-state index < -0.39 is 18.2 Å². The van der Waals surface area contributed by atoms with Crippen LogP contribution in [0.25, 0.3) is 0 Å². The number of nitrogens with one attached hydrogen (secondary N) is 1. The van der Waals surface area contributed by atoms with Crippen LogP contribution in [-0.2, 0) is 4.74 Å². The molecule has 126 valence electrons. The van der Waals surface area contributed by atoms with Crippen LogP contribution >= 0.6 is 0 Å². The lowest BCUT2D eigenvalue weighted by molar-refractivity contribution is -0.144. The van der Waals surface area contributed by atoms with Crippen LogP contribution in [0.3, 0.4) is 0 Å². The highest BCUT2D eigenvalue weighted by Crippen LogP contribution is 2.36. The van der Waals surface area contributed by atoms with Gasteiger partial charge < -0.3 is 10.1 Å². The number of alkyl halides is 3. The molecule has 1 aliphatic rings. The molecule has 21 heavy (non-hydrogen) atoms. The van der Waals surface area contributed by atoms with Crippen LogP contribution in [0.15, 0.2) is 0 Å². The molecule has 0 aromatic rings. The Morgan fingerprint density at radius 2 is 1.71 bits per heavy atom. The molecule has 0 aliphatic heterocycles. The average Bonchev–Trinajstić information content (AvgIpc) is 2.64. The molecule has 0 amide bonds. The van der Waals surface area contributed by atoms with E-state index in [1.165, 1.54) is 0 Å². The van der Waals surface area contributed by atoms with Crippen molar-refractivity contribution in [3.63, 3.8) is 0 Å². The van der Waals surface area contributed by atoms with Crippen LogP contribution in [0, 0.1) is 0 Å². The van der Waals surface area contributed by atoms with Gasteiger partial charge in [0.15, 0.2) is 0 Å². The van der Waals surface area contributed by atoms with Gasteiger partial charge in [-0.3, -0.25) is 0 Å². The van der Waals surface area contributed by atoms with Crippen molar-refractivity contribution in [3.8, 4) is 0 Å². The molecule has 0 radical (unpaired) electrons. The first kappa shape index (κ1) is 18.8. The van der Waals surface area contributed by atoms with Crippen LogP contribution in [0.1, 0.15) is 71.6 Å². The van der Waals surface area contributed by atoms with Crippen molar-refractivity contribution in [2.45, 2.75) is 89.5 Å². The van der Waals surface area contributed by atoms with E-state index in [1.807, 2.05) is 13.8 Å². The van der Waals surface area contributed by atoms with E-state index in [0.717, 1.165) is 51.5 Å². The molecule has 1 unspecified atom stereocenters. The Bertz CT molecular complexity index is 273. The van der Waals surface area contributed by atoms with Gasteiger partial charge in [0.05, 0.1) is 5.60 Å². The predicted octanol–water partition coefficient (Wildman–Crippen LogP) is 4.83. The molecule has 1 fully saturated rings. The van der Waals surface area contributed by atoms with Gasteiger partial charge >= 0.3 is 6.18 Å². The van der Waals surface area contributed by atoms with Gasteiger partial charge in [-0.15, -0.1) is 0 Å². The highest BCUT2D eigenvalue weighted by atomic mass is 19.4. The van der Waals surface area contributed by atoms with Crippen molar-refractivity contribution in [2.24, 2.45) is 0 Å². The first-order valence-corrected chi connectivity index (χ1v) is 8.37. The summed E-state index contributed by atoms with van der Waals surface area (Å²) in [6.45, 7) is 5.29. The summed E-state index contributed by atoms with van der Waals surface area (Å²) in [5.74, 6) is 0. The van der Waals surface area contributed by atoms with Gasteiger partial charge in [-0.2, -0.15) is 13.2 Å². The molecule has 0 spiro atoms. The van der Waals surface area contributed by atoms with Gasteiger partial charge in [0, 0.05) is 19.1 Å². The quantitative estimate of drug-likeness (QED) is 0.649. The number of hydrogen-bond donors (Lipinski definition) is 1. The van der Waals surface area contributed by atoms with Gasteiger partial charge in [0.1, 0.15) is 0 Å². The normalized spacial score (nSPS) is 21.0. The van der Waals surface area contributed by atoms with Gasteiger partial charge in [0.25, 0.3) is 0 Å². The molecule has 0 heterocycles. The maximum absolute atomic E-state index is 12.6. The third kappa shape index (κ3) is 6.55. The fourth-order valence-electron chi connectivity index (χ4n) is 3.39. The van der Waals surface area contributed by atoms with Crippen LogP contribution < -0.4 is 5.32 Å². The minimum absolute atomic E-state index is 0.115. The Morgan fingerprint density at radius 1 is 1.10 bits per heavy atom. The largest absolute Gasteiger partial charge is 0.389 e. The van der Waals surface area contributed by atoms with E-state index in [-0.39, 0.29) is 12.5 Å². The maximum atomic E-state index is 12.6. The Balaban J connectivity index is 2.81. The van der Waals surface area contributed by atoms with Crippen molar-refractivity contribution in [3.05, 3.63) is 0 Å². The second-order valence-corrected chi connectivity index (χ2v) is 6.07. The summed E-state index contributed by atoms with van der Waals surface area (Å²) < 4.78 is 43.9. The van der Waals surface area contributed by atoms with Crippen LogP contribution in [-0.4, -0.2) is 31.0 Å². The Kier molecular flexibility index (Phi) is 8.03. The summed E-state index contributed by atoms with van der Waals surface area (Å²) in [4.78, 5) is 0. The second-order valence-electron chi connectivity index (χ2n) is 6.07. The molecule has 0 aromatic carbocycles. The average molecular weight is 309 g/mol. The van der Waals surface area contributed by atoms with Gasteiger partial charge in [-0.25, -0.2) is 0 Å². The van der Waals surface area contributed by atoms with E-state index in [1.54, 1.807) is 0 Å². The van der Waals surface area contributed by atoms with Crippen molar-refractivity contribution >= 4 is 0 Å². The van der Waals surface area contributed by atoms with Gasteiger partial charge in [-0.05, 0) is 39.2 Å². The standard InChI is InChI=1S/C16H30F3NO/c1-3-13-20-14(9-12-16(17,18)19)15(21-4-2)10-7-5-6-8-11-15/h14,20H,3-13H2,1-2H3. The van der Waals surface area contributed by atoms with Crippen molar-refractivity contribution in [1.29, 1.82) is 0 Å². The first-order valence-electron chi connectivity index (χ1n) is 8.37. The lowest BCUT2D eigenvalue weighted by Gasteiger charge is -2.41. The predicted molar refractivity (Wildman–Crippen MR) is 79.4 cm³/mol. The molecule has 0 bridgehead atoms. The zero-order valence-corrected chi connectivity index (χ0v) is 13.4. The number of rotatable bonds is 8. The van der Waals surface area contributed by atoms with Crippen LogP contribution in [0.2, 0.25) is 0 Å². The lowest BCUT2D eigenvalue weighted by atomic mass is 9.83. The summed E-state index contributed by atoms with van der Waals surface area (Å²) in [6, 6.07) is -0.197. The minimum Gasteiger partial charge on any atom is -0.374 e. The molecular formula is C16H30F3NO. The highest BCUT2D eigenvalue weighted by Gasteiger charge is 2.41. The molecule has 1 aliphatic carbocycles. The molecule has 2 nitrogen and oxygen atoms in total. The van der Waals surface area contributed by atoms with E-state index in [0.29, 0.717) is 6.61 Å². The summed E-state index contributed by atoms with van der Waals surface area (Å²) in [5.41, 5.74) is -0.411. The molecule has 0 saturated heterocycles. The monoisotopic (exact) mass is 309 g/mol. The zero-order valence-electron chi connectivity index (χ0n) is 13.4. The fourth-order valence-corrected chi connectivity index (χ4v) is 3.39. The third-order valence-electron chi connectivity index (χ3n) is 4.37. The Morgan fingerprint density at radius 3 is 2.19 bits per heavy atom. The van der Waals surface area contributed by atoms with Crippen molar-refractivity contribution < 1.29 is 17.9 Å². The zero-order chi connectivity index (χ0) is 15.8. The van der Waals surface area contributed by atoms with Crippen molar-refractivity contribution in [1.82, 2.24) is 5.32 Å². The SMILES string of the molecule is CCCNC(CCC(F)(F)F)C1(OCC)CCCCCC1. The molecule has 1 saturated carbocycles. The Hall–Kier alpha value is -0.290. The molecule has 1 atom stereocenters. The molecular weight excluding hydrogens is 279 g/mol. The summed E-state index contributed by atoms with van der Waals surface area (Å²) in [5, 5.41) is 3.34. The van der Waals surface area contributed by atoms with E-state index in [9.17, 15) is 13.2 Å². The molecule has 1 N–H and O–H groups in total. The van der Waals surface area contributed by atoms with Gasteiger partial charge in [-0.1, -0.05) is 32.6 Å². The maximum Gasteiger partial charge on any atom is 0.389 e. The molecule has 0 aromatic heterocycles. The summed E-state index contributed by atoms with van der Waals surface area (Å²) in [6.07, 6.45) is 2.39. The fraction of sp³-hybridized carbons (Fsp3) is 1.00. The van der Waals surface area contributed by atoms with E-state index in [4.69, 9.17) is 4.74 Å². The Labute approximate surface area is 126 Å². The van der Waals surface area contributed by atoms with Crippen molar-refractivity contribution in [2.75, 3.05) is 13.2 Å². The first-order chi connectivity index (χ1) is 9.93. The lowest BCUT2D eigenvalue weighted by Crippen LogP contribution is -2.53. The van der Waals surface area contributed by atoms with E-state index in [2.05, 4.69) is 5.32 Å². The van der Waals surface area contributed by atoms with Crippen LogP contribution in [0.5, 0.6) is 0 Å². The smallest absolute Gasteiger partial charge is 0.374 e. The molecule has 5 heteroatoms. The minimum atomic E-state index is -4.09. The van der Waals surface area contributed by atoms with E-state index >= 15 is 0 Å². The number of ether oxygens (including phenoxy) is 1.